The summed E-state index contributed by atoms with van der Waals surface area (Å²) in [5.41, 5.74) is 1.60. The van der Waals surface area contributed by atoms with Gasteiger partial charge in [0.05, 0.1) is 24.4 Å². The number of hydrogen-bond donors (Lipinski definition) is 2. The van der Waals surface area contributed by atoms with Crippen molar-refractivity contribution in [2.75, 3.05) is 11.9 Å². The standard InChI is InChI=1S/C24H22ClN3O3S/c1-2-30-19-11-9-18(10-12-19)28-24(32-16-17-6-3-4-8-22(17)25)21(14-26)23(29)27-15-20-7-5-13-31-20/h3-13,28H,2,15-16H2,1H3,(H,27,29)/b24-21+. The number of nitriles is 1. The molecule has 1 aromatic heterocycles. The number of nitrogens with zero attached hydrogens (tertiary/aromatic N) is 1. The summed E-state index contributed by atoms with van der Waals surface area (Å²) < 4.78 is 10.7. The maximum Gasteiger partial charge on any atom is 0.265 e. The van der Waals surface area contributed by atoms with Crippen LogP contribution in [0.5, 0.6) is 5.75 Å². The van der Waals surface area contributed by atoms with Gasteiger partial charge in [-0.1, -0.05) is 29.8 Å². The number of furan rings is 1. The second-order valence-electron chi connectivity index (χ2n) is 6.54. The Morgan fingerprint density at radius 1 is 1.16 bits per heavy atom. The molecule has 0 atom stereocenters. The van der Waals surface area contributed by atoms with E-state index in [9.17, 15) is 10.1 Å². The molecule has 32 heavy (non-hydrogen) atoms. The predicted octanol–water partition coefficient (Wildman–Crippen LogP) is 5.73. The quantitative estimate of drug-likeness (QED) is 0.292. The molecular weight excluding hydrogens is 446 g/mol. The fourth-order valence-electron chi connectivity index (χ4n) is 2.74. The average molecular weight is 468 g/mol. The van der Waals surface area contributed by atoms with Crippen molar-refractivity contribution in [2.45, 2.75) is 19.2 Å². The maximum absolute atomic E-state index is 12.8. The molecule has 6 nitrogen and oxygen atoms in total. The minimum Gasteiger partial charge on any atom is -0.494 e. The first-order valence-electron chi connectivity index (χ1n) is 9.91. The van der Waals surface area contributed by atoms with Crippen molar-refractivity contribution >= 4 is 35.0 Å². The average Bonchev–Trinajstić information content (AvgIpc) is 3.32. The van der Waals surface area contributed by atoms with Gasteiger partial charge in [-0.3, -0.25) is 4.79 Å². The van der Waals surface area contributed by atoms with Crippen molar-refractivity contribution in [2.24, 2.45) is 0 Å². The molecule has 2 aromatic carbocycles. The highest BCUT2D eigenvalue weighted by Gasteiger charge is 2.17. The van der Waals surface area contributed by atoms with Crippen LogP contribution in [0.15, 0.2) is 81.9 Å². The first kappa shape index (κ1) is 23.3. The van der Waals surface area contributed by atoms with Crippen LogP contribution in [0.2, 0.25) is 5.02 Å². The van der Waals surface area contributed by atoms with E-state index in [1.165, 1.54) is 18.0 Å². The van der Waals surface area contributed by atoms with Gasteiger partial charge in [-0.15, -0.1) is 11.8 Å². The van der Waals surface area contributed by atoms with E-state index in [2.05, 4.69) is 10.6 Å². The molecule has 0 saturated carbocycles. The lowest BCUT2D eigenvalue weighted by Crippen LogP contribution is -2.25. The Morgan fingerprint density at radius 3 is 2.59 bits per heavy atom. The van der Waals surface area contributed by atoms with Gasteiger partial charge in [0, 0.05) is 16.5 Å². The predicted molar refractivity (Wildman–Crippen MR) is 127 cm³/mol. The molecule has 3 aromatic rings. The van der Waals surface area contributed by atoms with Crippen molar-refractivity contribution in [1.29, 1.82) is 5.26 Å². The second-order valence-corrected chi connectivity index (χ2v) is 7.93. The second kappa shape index (κ2) is 11.9. The lowest BCUT2D eigenvalue weighted by atomic mass is 10.2. The normalized spacial score (nSPS) is 11.3. The highest BCUT2D eigenvalue weighted by molar-refractivity contribution is 8.02. The van der Waals surface area contributed by atoms with Gasteiger partial charge < -0.3 is 19.8 Å². The van der Waals surface area contributed by atoms with E-state index in [1.807, 2.05) is 61.5 Å². The summed E-state index contributed by atoms with van der Waals surface area (Å²) >= 11 is 7.61. The third kappa shape index (κ3) is 6.58. The molecule has 2 N–H and O–H groups in total. The van der Waals surface area contributed by atoms with Crippen LogP contribution in [-0.2, 0) is 17.1 Å². The van der Waals surface area contributed by atoms with E-state index < -0.39 is 5.91 Å². The highest BCUT2D eigenvalue weighted by Crippen LogP contribution is 2.29. The molecule has 0 radical (unpaired) electrons. The van der Waals surface area contributed by atoms with Crippen LogP contribution in [0, 0.1) is 11.3 Å². The van der Waals surface area contributed by atoms with Gasteiger partial charge in [-0.25, -0.2) is 0 Å². The van der Waals surface area contributed by atoms with E-state index in [1.54, 1.807) is 12.1 Å². The lowest BCUT2D eigenvalue weighted by molar-refractivity contribution is -0.117. The minimum absolute atomic E-state index is 0.0255. The number of ether oxygens (including phenoxy) is 1. The Morgan fingerprint density at radius 2 is 1.94 bits per heavy atom. The first-order valence-corrected chi connectivity index (χ1v) is 11.3. The number of benzene rings is 2. The molecule has 1 amide bonds. The largest absolute Gasteiger partial charge is 0.494 e. The number of hydrogen-bond acceptors (Lipinski definition) is 6. The fourth-order valence-corrected chi connectivity index (χ4v) is 4.05. The summed E-state index contributed by atoms with van der Waals surface area (Å²) in [4.78, 5) is 12.8. The van der Waals surface area contributed by atoms with Gasteiger partial charge in [-0.05, 0) is 55.0 Å². The van der Waals surface area contributed by atoms with Crippen LogP contribution in [0.3, 0.4) is 0 Å². The fraction of sp³-hybridized carbons (Fsp3) is 0.167. The van der Waals surface area contributed by atoms with Crippen molar-refractivity contribution in [3.05, 3.63) is 93.9 Å². The third-order valence-electron chi connectivity index (χ3n) is 4.32. The van der Waals surface area contributed by atoms with E-state index in [4.69, 9.17) is 20.8 Å². The molecule has 164 valence electrons. The molecule has 0 aliphatic carbocycles. The van der Waals surface area contributed by atoms with Crippen molar-refractivity contribution < 1.29 is 13.9 Å². The zero-order valence-electron chi connectivity index (χ0n) is 17.4. The molecule has 0 aliphatic heterocycles. The summed E-state index contributed by atoms with van der Waals surface area (Å²) in [6, 6.07) is 20.3. The summed E-state index contributed by atoms with van der Waals surface area (Å²) in [6.07, 6.45) is 1.53. The van der Waals surface area contributed by atoms with Crippen LogP contribution in [0.4, 0.5) is 5.69 Å². The number of carbonyl (C=O) groups excluding carboxylic acids is 1. The number of carbonyl (C=O) groups is 1. The van der Waals surface area contributed by atoms with Gasteiger partial charge in [-0.2, -0.15) is 5.26 Å². The van der Waals surface area contributed by atoms with Crippen LogP contribution < -0.4 is 15.4 Å². The Bertz CT molecular complexity index is 1110. The van der Waals surface area contributed by atoms with Gasteiger partial charge in [0.2, 0.25) is 0 Å². The number of halogens is 1. The van der Waals surface area contributed by atoms with Gasteiger partial charge in [0.25, 0.3) is 5.91 Å². The lowest BCUT2D eigenvalue weighted by Gasteiger charge is -2.14. The molecule has 0 aliphatic rings. The minimum atomic E-state index is -0.496. The summed E-state index contributed by atoms with van der Waals surface area (Å²) in [6.45, 7) is 2.67. The molecule has 0 fully saturated rings. The van der Waals surface area contributed by atoms with Crippen LogP contribution in [-0.4, -0.2) is 12.5 Å². The molecule has 8 heteroatoms. The van der Waals surface area contributed by atoms with Gasteiger partial charge >= 0.3 is 0 Å². The van der Waals surface area contributed by atoms with Crippen LogP contribution in [0.25, 0.3) is 0 Å². The molecule has 1 heterocycles. The van der Waals surface area contributed by atoms with Gasteiger partial charge in [0.15, 0.2) is 0 Å². The number of amides is 1. The molecule has 0 spiro atoms. The Labute approximate surface area is 196 Å². The van der Waals surface area contributed by atoms with E-state index in [0.717, 1.165) is 17.0 Å². The summed E-state index contributed by atoms with van der Waals surface area (Å²) in [5.74, 6) is 1.32. The summed E-state index contributed by atoms with van der Waals surface area (Å²) in [7, 11) is 0. The maximum atomic E-state index is 12.8. The zero-order chi connectivity index (χ0) is 22.8. The monoisotopic (exact) mass is 467 g/mol. The van der Waals surface area contributed by atoms with Crippen LogP contribution >= 0.6 is 23.4 Å². The number of nitrogens with one attached hydrogen (secondary N) is 2. The number of thioether (sulfide) groups is 1. The molecule has 0 bridgehead atoms. The zero-order valence-corrected chi connectivity index (χ0v) is 19.0. The molecule has 0 unspecified atom stereocenters. The van der Waals surface area contributed by atoms with E-state index in [0.29, 0.717) is 28.2 Å². The topological polar surface area (TPSA) is 87.3 Å². The third-order valence-corrected chi connectivity index (χ3v) is 5.74. The Kier molecular flexibility index (Phi) is 8.67. The first-order chi connectivity index (χ1) is 15.6. The smallest absolute Gasteiger partial charge is 0.265 e. The Hall–Kier alpha value is -3.34. The van der Waals surface area contributed by atoms with Crippen molar-refractivity contribution in [3.63, 3.8) is 0 Å². The van der Waals surface area contributed by atoms with Crippen LogP contribution in [0.1, 0.15) is 18.2 Å². The van der Waals surface area contributed by atoms with Crippen molar-refractivity contribution in [3.8, 4) is 11.8 Å². The summed E-state index contributed by atoms with van der Waals surface area (Å²) in [5, 5.41) is 16.8. The Balaban J connectivity index is 1.83. The number of anilines is 1. The van der Waals surface area contributed by atoms with E-state index >= 15 is 0 Å². The molecule has 0 saturated heterocycles. The van der Waals surface area contributed by atoms with Gasteiger partial charge in [0.1, 0.15) is 23.2 Å². The highest BCUT2D eigenvalue weighted by atomic mass is 35.5. The molecule has 3 rings (SSSR count). The molecular formula is C24H22ClN3O3S. The SMILES string of the molecule is CCOc1ccc(N/C(SCc2ccccc2Cl)=C(/C#N)C(=O)NCc2ccco2)cc1. The van der Waals surface area contributed by atoms with Crippen molar-refractivity contribution in [1.82, 2.24) is 5.32 Å². The number of rotatable bonds is 10. The van der Waals surface area contributed by atoms with E-state index in [-0.39, 0.29) is 12.1 Å².